The summed E-state index contributed by atoms with van der Waals surface area (Å²) in [4.78, 5) is 3.15. The first-order valence-electron chi connectivity index (χ1n) is 5.35. The van der Waals surface area contributed by atoms with Crippen molar-refractivity contribution in [1.29, 1.82) is 0 Å². The number of aliphatic hydroxyl groups is 1. The van der Waals surface area contributed by atoms with Gasteiger partial charge in [-0.3, -0.25) is 0 Å². The largest absolute Gasteiger partial charge is 0.382 e. The van der Waals surface area contributed by atoms with Crippen molar-refractivity contribution >= 4 is 0 Å². The molecule has 0 spiro atoms. The van der Waals surface area contributed by atoms with Crippen LogP contribution in [0.2, 0.25) is 0 Å². The molecule has 0 bridgehead atoms. The van der Waals surface area contributed by atoms with Gasteiger partial charge in [0, 0.05) is 5.92 Å². The van der Waals surface area contributed by atoms with Crippen LogP contribution in [0, 0.1) is 0 Å². The van der Waals surface area contributed by atoms with E-state index in [1.54, 1.807) is 0 Å². The molecule has 0 amide bonds. The van der Waals surface area contributed by atoms with Crippen LogP contribution in [-0.4, -0.2) is 20.3 Å². The van der Waals surface area contributed by atoms with Gasteiger partial charge in [-0.25, -0.2) is 0 Å². The lowest BCUT2D eigenvalue weighted by Gasteiger charge is -2.07. The molecule has 2 rings (SSSR count). The summed E-state index contributed by atoms with van der Waals surface area (Å²) in [6, 6.07) is 0. The first-order valence-corrected chi connectivity index (χ1v) is 5.35. The van der Waals surface area contributed by atoms with Crippen LogP contribution in [0.5, 0.6) is 0 Å². The van der Waals surface area contributed by atoms with Crippen LogP contribution in [0.25, 0.3) is 0 Å². The monoisotopic (exact) mass is 195 g/mol. The molecule has 1 fully saturated rings. The normalized spacial score (nSPS) is 18.9. The second-order valence-corrected chi connectivity index (χ2v) is 4.10. The Balaban J connectivity index is 2.16. The highest BCUT2D eigenvalue weighted by Crippen LogP contribution is 2.43. The number of hydrogen-bond donors (Lipinski definition) is 2. The molecule has 0 aromatic carbocycles. The number of rotatable bonds is 4. The predicted molar refractivity (Wildman–Crippen MR) is 52.8 cm³/mol. The second kappa shape index (κ2) is 3.35. The van der Waals surface area contributed by atoms with Gasteiger partial charge in [0.25, 0.3) is 0 Å². The molecule has 1 saturated carbocycles. The number of aromatic nitrogens is 3. The first-order chi connectivity index (χ1) is 6.69. The highest BCUT2D eigenvalue weighted by Gasteiger charge is 2.45. The van der Waals surface area contributed by atoms with Crippen LogP contribution < -0.4 is 0 Å². The second-order valence-electron chi connectivity index (χ2n) is 4.10. The predicted octanol–water partition coefficient (Wildman–Crippen LogP) is 1.69. The highest BCUT2D eigenvalue weighted by molar-refractivity contribution is 5.12. The fraction of sp³-hybridized carbons (Fsp3) is 0.800. The summed E-state index contributed by atoms with van der Waals surface area (Å²) >= 11 is 0. The minimum Gasteiger partial charge on any atom is -0.382 e. The van der Waals surface area contributed by atoms with Crippen LogP contribution >= 0.6 is 0 Å². The maximum atomic E-state index is 9.81. The van der Waals surface area contributed by atoms with Gasteiger partial charge in [0.05, 0.1) is 0 Å². The molecule has 14 heavy (non-hydrogen) atoms. The van der Waals surface area contributed by atoms with E-state index in [-0.39, 0.29) is 0 Å². The average Bonchev–Trinajstić information content (AvgIpc) is 2.76. The summed E-state index contributed by atoms with van der Waals surface area (Å²) in [5.74, 6) is 2.02. The minimum absolute atomic E-state index is 0.443. The van der Waals surface area contributed by atoms with Crippen molar-refractivity contribution in [2.45, 2.75) is 51.0 Å². The van der Waals surface area contributed by atoms with Gasteiger partial charge in [0.2, 0.25) is 0 Å². The summed E-state index contributed by atoms with van der Waals surface area (Å²) in [5.41, 5.74) is -0.683. The van der Waals surface area contributed by atoms with Crippen LogP contribution in [0.15, 0.2) is 0 Å². The van der Waals surface area contributed by atoms with Crippen LogP contribution in [0.3, 0.4) is 0 Å². The van der Waals surface area contributed by atoms with Gasteiger partial charge in [-0.15, -0.1) is 10.2 Å². The Morgan fingerprint density at radius 2 is 2.00 bits per heavy atom. The summed E-state index contributed by atoms with van der Waals surface area (Å²) in [7, 11) is 0. The summed E-state index contributed by atoms with van der Waals surface area (Å²) in [6.07, 6.45) is 3.74. The Morgan fingerprint density at radius 3 is 2.50 bits per heavy atom. The van der Waals surface area contributed by atoms with E-state index in [0.717, 1.165) is 31.5 Å². The molecule has 4 nitrogen and oxygen atoms in total. The zero-order chi connectivity index (χ0) is 10.2. The molecule has 1 heterocycles. The lowest BCUT2D eigenvalue weighted by atomic mass is 10.0. The number of aromatic amines is 1. The topological polar surface area (TPSA) is 61.8 Å². The lowest BCUT2D eigenvalue weighted by molar-refractivity contribution is 0.141. The summed E-state index contributed by atoms with van der Waals surface area (Å²) < 4.78 is 0. The van der Waals surface area contributed by atoms with Gasteiger partial charge in [-0.1, -0.05) is 13.8 Å². The molecule has 1 aromatic rings. The van der Waals surface area contributed by atoms with Gasteiger partial charge in [-0.05, 0) is 25.7 Å². The number of nitrogens with zero attached hydrogens (tertiary/aromatic N) is 2. The third-order valence-electron chi connectivity index (χ3n) is 3.04. The third kappa shape index (κ3) is 1.54. The van der Waals surface area contributed by atoms with Gasteiger partial charge in [0.15, 0.2) is 5.82 Å². The lowest BCUT2D eigenvalue weighted by Crippen LogP contribution is -2.07. The van der Waals surface area contributed by atoms with Crippen LogP contribution in [0.1, 0.15) is 57.1 Å². The fourth-order valence-corrected chi connectivity index (χ4v) is 1.70. The SMILES string of the molecule is CCC(CC)c1nnc(C2(O)CC2)[nH]1. The van der Waals surface area contributed by atoms with E-state index in [1.165, 1.54) is 0 Å². The molecule has 0 aliphatic heterocycles. The molecule has 4 heteroatoms. The van der Waals surface area contributed by atoms with E-state index in [0.29, 0.717) is 11.7 Å². The van der Waals surface area contributed by atoms with Crippen molar-refractivity contribution in [2.75, 3.05) is 0 Å². The van der Waals surface area contributed by atoms with Crippen molar-refractivity contribution in [1.82, 2.24) is 15.2 Å². The molecular weight excluding hydrogens is 178 g/mol. The van der Waals surface area contributed by atoms with Gasteiger partial charge >= 0.3 is 0 Å². The Hall–Kier alpha value is -0.900. The zero-order valence-electron chi connectivity index (χ0n) is 8.75. The van der Waals surface area contributed by atoms with E-state index < -0.39 is 5.60 Å². The van der Waals surface area contributed by atoms with E-state index in [1.807, 2.05) is 0 Å². The minimum atomic E-state index is -0.683. The van der Waals surface area contributed by atoms with E-state index in [9.17, 15) is 5.11 Å². The van der Waals surface area contributed by atoms with Crippen LogP contribution in [-0.2, 0) is 5.60 Å². The number of nitrogens with one attached hydrogen (secondary N) is 1. The molecule has 0 atom stereocenters. The van der Waals surface area contributed by atoms with E-state index in [4.69, 9.17) is 0 Å². The molecule has 0 radical (unpaired) electrons. The molecule has 0 saturated heterocycles. The Kier molecular flexibility index (Phi) is 2.31. The average molecular weight is 195 g/mol. The zero-order valence-corrected chi connectivity index (χ0v) is 8.75. The summed E-state index contributed by atoms with van der Waals surface area (Å²) in [6.45, 7) is 4.28. The van der Waals surface area contributed by atoms with Gasteiger partial charge in [0.1, 0.15) is 11.4 Å². The van der Waals surface area contributed by atoms with Crippen molar-refractivity contribution in [3.05, 3.63) is 11.6 Å². The Morgan fingerprint density at radius 1 is 1.36 bits per heavy atom. The molecule has 0 unspecified atom stereocenters. The highest BCUT2D eigenvalue weighted by atomic mass is 16.3. The van der Waals surface area contributed by atoms with Crippen molar-refractivity contribution in [3.8, 4) is 0 Å². The summed E-state index contributed by atoms with van der Waals surface area (Å²) in [5, 5.41) is 17.9. The van der Waals surface area contributed by atoms with Crippen molar-refractivity contribution < 1.29 is 5.11 Å². The third-order valence-corrected chi connectivity index (χ3v) is 3.04. The molecular formula is C10H17N3O. The molecule has 78 valence electrons. The fourth-order valence-electron chi connectivity index (χ4n) is 1.70. The van der Waals surface area contributed by atoms with Gasteiger partial charge in [-0.2, -0.15) is 0 Å². The van der Waals surface area contributed by atoms with Crippen molar-refractivity contribution in [2.24, 2.45) is 0 Å². The molecule has 2 N–H and O–H groups in total. The maximum absolute atomic E-state index is 9.81. The van der Waals surface area contributed by atoms with E-state index in [2.05, 4.69) is 29.0 Å². The maximum Gasteiger partial charge on any atom is 0.162 e. The standard InChI is InChI=1S/C10H17N3O/c1-3-7(4-2)8-11-9(13-12-8)10(14)5-6-10/h7,14H,3-6H2,1-2H3,(H,11,12,13). The molecule has 1 aliphatic rings. The van der Waals surface area contributed by atoms with Gasteiger partial charge < -0.3 is 10.1 Å². The number of H-pyrrole nitrogens is 1. The molecule has 1 aliphatic carbocycles. The number of hydrogen-bond acceptors (Lipinski definition) is 3. The van der Waals surface area contributed by atoms with Crippen molar-refractivity contribution in [3.63, 3.8) is 0 Å². The Bertz CT molecular complexity index is 313. The van der Waals surface area contributed by atoms with Crippen LogP contribution in [0.4, 0.5) is 0 Å². The quantitative estimate of drug-likeness (QED) is 0.768. The molecule has 1 aromatic heterocycles. The Labute approximate surface area is 83.8 Å². The van der Waals surface area contributed by atoms with E-state index >= 15 is 0 Å². The first kappa shape index (κ1) is 9.65. The smallest absolute Gasteiger partial charge is 0.162 e.